The summed E-state index contributed by atoms with van der Waals surface area (Å²) in [7, 11) is -3.27. The molecule has 2 aromatic rings. The van der Waals surface area contributed by atoms with Gasteiger partial charge in [0, 0.05) is 29.7 Å². The van der Waals surface area contributed by atoms with E-state index in [1.165, 1.54) is 24.8 Å². The number of hydrogen-bond acceptors (Lipinski definition) is 4. The third-order valence-corrected chi connectivity index (χ3v) is 6.46. The molecule has 2 saturated carbocycles. The van der Waals surface area contributed by atoms with Gasteiger partial charge in [0.15, 0.2) is 0 Å². The van der Waals surface area contributed by atoms with Gasteiger partial charge in [-0.1, -0.05) is 36.4 Å². The average Bonchev–Trinajstić information content (AvgIpc) is 3.42. The molecule has 0 aromatic heterocycles. The third kappa shape index (κ3) is 4.93. The van der Waals surface area contributed by atoms with E-state index in [1.807, 2.05) is 18.2 Å². The normalized spacial score (nSPS) is 27.4. The topological polar surface area (TPSA) is 84.2 Å². The van der Waals surface area contributed by atoms with Crippen LogP contribution in [0.2, 0.25) is 0 Å². The van der Waals surface area contributed by atoms with Gasteiger partial charge in [-0.3, -0.25) is 4.72 Å². The van der Waals surface area contributed by atoms with Gasteiger partial charge < -0.3 is 11.1 Å². The zero-order valence-corrected chi connectivity index (χ0v) is 17.1. The zero-order chi connectivity index (χ0) is 19.7. The number of rotatable bonds is 6. The summed E-state index contributed by atoms with van der Waals surface area (Å²) in [5, 5.41) is 3.82. The minimum absolute atomic E-state index is 0.395. The van der Waals surface area contributed by atoms with Gasteiger partial charge >= 0.3 is 0 Å². The minimum Gasteiger partial charge on any atom is -0.328 e. The molecule has 5 nitrogen and oxygen atoms in total. The largest absolute Gasteiger partial charge is 0.328 e. The molecule has 0 heterocycles. The average molecular weight is 400 g/mol. The highest BCUT2D eigenvalue weighted by Gasteiger charge is 2.39. The lowest BCUT2D eigenvalue weighted by Gasteiger charge is -2.27. The lowest BCUT2D eigenvalue weighted by Crippen LogP contribution is -2.38. The molecule has 2 aliphatic carbocycles. The van der Waals surface area contributed by atoms with Gasteiger partial charge in [-0.25, -0.2) is 8.42 Å². The maximum atomic E-state index is 11.4. The summed E-state index contributed by atoms with van der Waals surface area (Å²) in [5.74, 6) is 0.600. The van der Waals surface area contributed by atoms with Crippen molar-refractivity contribution in [2.24, 2.45) is 5.73 Å². The quantitative estimate of drug-likeness (QED) is 0.695. The molecule has 0 bridgehead atoms. The van der Waals surface area contributed by atoms with Gasteiger partial charge in [0.25, 0.3) is 0 Å². The van der Waals surface area contributed by atoms with E-state index in [1.54, 1.807) is 6.07 Å². The molecular weight excluding hydrogens is 370 g/mol. The highest BCUT2D eigenvalue weighted by atomic mass is 32.2. The van der Waals surface area contributed by atoms with E-state index in [0.717, 1.165) is 30.2 Å². The van der Waals surface area contributed by atoms with Crippen LogP contribution in [0.3, 0.4) is 0 Å². The number of hydrogen-bond donors (Lipinski definition) is 3. The molecule has 0 amide bonds. The van der Waals surface area contributed by atoms with Gasteiger partial charge in [0.05, 0.1) is 6.26 Å². The van der Waals surface area contributed by atoms with Crippen molar-refractivity contribution in [3.8, 4) is 11.1 Å². The molecule has 4 rings (SSSR count). The van der Waals surface area contributed by atoms with Crippen molar-refractivity contribution in [3.05, 3.63) is 54.1 Å². The molecule has 28 heavy (non-hydrogen) atoms. The molecular formula is C22H29N3O2S. The molecule has 0 spiro atoms. The molecule has 150 valence electrons. The van der Waals surface area contributed by atoms with Crippen molar-refractivity contribution in [1.29, 1.82) is 0 Å². The summed E-state index contributed by atoms with van der Waals surface area (Å²) < 4.78 is 25.4. The van der Waals surface area contributed by atoms with Gasteiger partial charge in [0.2, 0.25) is 10.0 Å². The van der Waals surface area contributed by atoms with E-state index in [4.69, 9.17) is 5.73 Å². The summed E-state index contributed by atoms with van der Waals surface area (Å²) in [4.78, 5) is 0. The van der Waals surface area contributed by atoms with Gasteiger partial charge in [-0.05, 0) is 60.9 Å². The first-order valence-electron chi connectivity index (χ1n) is 10.1. The van der Waals surface area contributed by atoms with E-state index in [-0.39, 0.29) is 0 Å². The van der Waals surface area contributed by atoms with E-state index in [9.17, 15) is 8.42 Å². The summed E-state index contributed by atoms with van der Waals surface area (Å²) in [6.07, 6.45) is 7.03. The Hall–Kier alpha value is -1.89. The summed E-state index contributed by atoms with van der Waals surface area (Å²) in [6.45, 7) is 0. The van der Waals surface area contributed by atoms with Crippen LogP contribution in [0.15, 0.2) is 48.5 Å². The van der Waals surface area contributed by atoms with Crippen LogP contribution in [0.4, 0.5) is 5.69 Å². The summed E-state index contributed by atoms with van der Waals surface area (Å²) >= 11 is 0. The highest BCUT2D eigenvalue weighted by Crippen LogP contribution is 2.42. The standard InChI is InChI=1S/C22H29N3O2S/c1-28(26,27)25-20-4-2-3-17(13-20)15-5-7-16(8-6-15)21-14-22(21)24-19-11-9-18(23)10-12-19/h2-8,13,18-19,21-22,24-25H,9-12,14,23H2,1H3/t18-,19-,21?,22?. The number of sulfonamides is 1. The molecule has 4 N–H and O–H groups in total. The van der Waals surface area contributed by atoms with Crippen LogP contribution in [0.5, 0.6) is 0 Å². The Bertz CT molecular complexity index is 919. The number of nitrogens with two attached hydrogens (primary N) is 1. The Morgan fingerprint density at radius 1 is 0.964 bits per heavy atom. The second kappa shape index (κ2) is 7.85. The molecule has 2 aromatic carbocycles. The van der Waals surface area contributed by atoms with Crippen LogP contribution >= 0.6 is 0 Å². The van der Waals surface area contributed by atoms with Crippen LogP contribution in [-0.2, 0) is 10.0 Å². The van der Waals surface area contributed by atoms with Crippen molar-refractivity contribution in [3.63, 3.8) is 0 Å². The van der Waals surface area contributed by atoms with Crippen LogP contribution in [0.1, 0.15) is 43.6 Å². The highest BCUT2D eigenvalue weighted by molar-refractivity contribution is 7.92. The molecule has 6 heteroatoms. The first kappa shape index (κ1) is 19.4. The van der Waals surface area contributed by atoms with E-state index >= 15 is 0 Å². The van der Waals surface area contributed by atoms with Gasteiger partial charge in [-0.2, -0.15) is 0 Å². The first-order valence-corrected chi connectivity index (χ1v) is 12.0. The summed E-state index contributed by atoms with van der Waals surface area (Å²) in [6, 6.07) is 17.8. The molecule has 2 aliphatic rings. The Balaban J connectivity index is 1.38. The maximum absolute atomic E-state index is 11.4. The molecule has 0 aliphatic heterocycles. The third-order valence-electron chi connectivity index (χ3n) is 5.85. The fraction of sp³-hybridized carbons (Fsp3) is 0.455. The van der Waals surface area contributed by atoms with Crippen LogP contribution in [-0.4, -0.2) is 32.8 Å². The molecule has 2 atom stereocenters. The SMILES string of the molecule is CS(=O)(=O)Nc1cccc(-c2ccc(C3CC3N[C@H]3CC[C@H](N)CC3)cc2)c1. The predicted octanol–water partition coefficient (Wildman–Crippen LogP) is 3.44. The number of nitrogens with one attached hydrogen (secondary N) is 2. The van der Waals surface area contributed by atoms with Crippen molar-refractivity contribution in [2.75, 3.05) is 11.0 Å². The minimum atomic E-state index is -3.27. The Labute approximate surface area is 167 Å². The molecule has 2 fully saturated rings. The van der Waals surface area contributed by atoms with Crippen molar-refractivity contribution in [1.82, 2.24) is 5.32 Å². The fourth-order valence-corrected chi connectivity index (χ4v) is 4.79. The predicted molar refractivity (Wildman–Crippen MR) is 115 cm³/mol. The van der Waals surface area contributed by atoms with E-state index in [2.05, 4.69) is 34.3 Å². The van der Waals surface area contributed by atoms with E-state index in [0.29, 0.717) is 29.7 Å². The Morgan fingerprint density at radius 2 is 1.68 bits per heavy atom. The number of anilines is 1. The zero-order valence-electron chi connectivity index (χ0n) is 16.3. The lowest BCUT2D eigenvalue weighted by molar-refractivity contribution is 0.339. The van der Waals surface area contributed by atoms with Crippen molar-refractivity contribution in [2.45, 2.75) is 56.1 Å². The van der Waals surface area contributed by atoms with Crippen LogP contribution in [0, 0.1) is 0 Å². The van der Waals surface area contributed by atoms with Crippen molar-refractivity contribution >= 4 is 15.7 Å². The Kier molecular flexibility index (Phi) is 5.45. The summed E-state index contributed by atoms with van der Waals surface area (Å²) in [5.41, 5.74) is 10.1. The number of benzene rings is 2. The first-order chi connectivity index (χ1) is 13.4. The van der Waals surface area contributed by atoms with E-state index < -0.39 is 10.0 Å². The maximum Gasteiger partial charge on any atom is 0.229 e. The monoisotopic (exact) mass is 399 g/mol. The van der Waals surface area contributed by atoms with Crippen molar-refractivity contribution < 1.29 is 8.42 Å². The molecule has 2 unspecified atom stereocenters. The lowest BCUT2D eigenvalue weighted by atomic mass is 9.92. The van der Waals surface area contributed by atoms with Crippen LogP contribution < -0.4 is 15.8 Å². The molecule has 0 saturated heterocycles. The second-order valence-electron chi connectivity index (χ2n) is 8.30. The Morgan fingerprint density at radius 3 is 2.36 bits per heavy atom. The smallest absolute Gasteiger partial charge is 0.229 e. The van der Waals surface area contributed by atoms with Crippen LogP contribution in [0.25, 0.3) is 11.1 Å². The van der Waals surface area contributed by atoms with Gasteiger partial charge in [-0.15, -0.1) is 0 Å². The van der Waals surface area contributed by atoms with Gasteiger partial charge in [0.1, 0.15) is 0 Å². The second-order valence-corrected chi connectivity index (χ2v) is 10.1. The molecule has 0 radical (unpaired) electrons. The fourth-order valence-electron chi connectivity index (χ4n) is 4.24.